The molecule has 0 radical (unpaired) electrons. The highest BCUT2D eigenvalue weighted by Gasteiger charge is 2.13. The SMILES string of the molecule is NNc1ccnc(COCC2CCOCC2)c1. The van der Waals surface area contributed by atoms with Gasteiger partial charge in [-0.15, -0.1) is 0 Å². The first-order valence-corrected chi connectivity index (χ1v) is 5.95. The van der Waals surface area contributed by atoms with Gasteiger partial charge in [-0.3, -0.25) is 10.8 Å². The van der Waals surface area contributed by atoms with E-state index in [1.807, 2.05) is 12.1 Å². The van der Waals surface area contributed by atoms with Crippen molar-refractivity contribution in [2.75, 3.05) is 25.2 Å². The van der Waals surface area contributed by atoms with Gasteiger partial charge in [-0.1, -0.05) is 0 Å². The summed E-state index contributed by atoms with van der Waals surface area (Å²) in [7, 11) is 0. The molecule has 17 heavy (non-hydrogen) atoms. The van der Waals surface area contributed by atoms with Crippen LogP contribution < -0.4 is 11.3 Å². The first-order valence-electron chi connectivity index (χ1n) is 5.95. The number of hydrogen-bond acceptors (Lipinski definition) is 5. The molecule has 0 aromatic carbocycles. The van der Waals surface area contributed by atoms with Crippen LogP contribution in [-0.2, 0) is 16.1 Å². The van der Waals surface area contributed by atoms with Crippen molar-refractivity contribution in [2.24, 2.45) is 11.8 Å². The molecule has 0 amide bonds. The van der Waals surface area contributed by atoms with Crippen molar-refractivity contribution < 1.29 is 9.47 Å². The van der Waals surface area contributed by atoms with Gasteiger partial charge in [-0.2, -0.15) is 0 Å². The van der Waals surface area contributed by atoms with Gasteiger partial charge in [0.1, 0.15) is 0 Å². The van der Waals surface area contributed by atoms with Crippen molar-refractivity contribution in [3.05, 3.63) is 24.0 Å². The molecular formula is C12H19N3O2. The van der Waals surface area contributed by atoms with Crippen LogP contribution in [0, 0.1) is 5.92 Å². The standard InChI is InChI=1S/C12H19N3O2/c13-15-11-1-4-14-12(7-11)9-17-8-10-2-5-16-6-3-10/h1,4,7,10H,2-3,5-6,8-9,13H2,(H,14,15). The van der Waals surface area contributed by atoms with Crippen LogP contribution in [0.25, 0.3) is 0 Å². The number of rotatable bonds is 5. The predicted molar refractivity (Wildman–Crippen MR) is 65.2 cm³/mol. The Kier molecular flexibility index (Phi) is 4.73. The molecule has 1 fully saturated rings. The van der Waals surface area contributed by atoms with E-state index in [0.717, 1.165) is 44.0 Å². The molecule has 2 heterocycles. The lowest BCUT2D eigenvalue weighted by molar-refractivity contribution is 0.0150. The van der Waals surface area contributed by atoms with Crippen LogP contribution in [0.1, 0.15) is 18.5 Å². The molecular weight excluding hydrogens is 218 g/mol. The number of pyridine rings is 1. The van der Waals surface area contributed by atoms with Gasteiger partial charge in [0.05, 0.1) is 24.6 Å². The molecule has 0 atom stereocenters. The van der Waals surface area contributed by atoms with Crippen LogP contribution in [0.3, 0.4) is 0 Å². The van der Waals surface area contributed by atoms with E-state index in [9.17, 15) is 0 Å². The summed E-state index contributed by atoms with van der Waals surface area (Å²) in [5.41, 5.74) is 4.34. The molecule has 3 N–H and O–H groups in total. The summed E-state index contributed by atoms with van der Waals surface area (Å²) in [6.07, 6.45) is 3.91. The fourth-order valence-corrected chi connectivity index (χ4v) is 1.89. The second kappa shape index (κ2) is 6.54. The Bertz CT molecular complexity index is 340. The van der Waals surface area contributed by atoms with Crippen LogP contribution in [0.5, 0.6) is 0 Å². The highest BCUT2D eigenvalue weighted by molar-refractivity contribution is 5.41. The Balaban J connectivity index is 1.73. The molecule has 1 aromatic heterocycles. The fourth-order valence-electron chi connectivity index (χ4n) is 1.89. The third-order valence-corrected chi connectivity index (χ3v) is 2.93. The summed E-state index contributed by atoms with van der Waals surface area (Å²) in [5, 5.41) is 0. The molecule has 2 rings (SSSR count). The van der Waals surface area contributed by atoms with Crippen LogP contribution in [-0.4, -0.2) is 24.8 Å². The molecule has 94 valence electrons. The molecule has 5 nitrogen and oxygen atoms in total. The predicted octanol–water partition coefficient (Wildman–Crippen LogP) is 1.31. The van der Waals surface area contributed by atoms with Crippen LogP contribution >= 0.6 is 0 Å². The number of nitrogen functional groups attached to an aromatic ring is 1. The summed E-state index contributed by atoms with van der Waals surface area (Å²) in [4.78, 5) is 4.22. The zero-order valence-electron chi connectivity index (χ0n) is 9.89. The van der Waals surface area contributed by atoms with E-state index < -0.39 is 0 Å². The van der Waals surface area contributed by atoms with E-state index in [4.69, 9.17) is 15.3 Å². The Hall–Kier alpha value is -1.17. The number of hydrogen-bond donors (Lipinski definition) is 2. The van der Waals surface area contributed by atoms with Crippen LogP contribution in [0.2, 0.25) is 0 Å². The van der Waals surface area contributed by atoms with Crippen molar-refractivity contribution >= 4 is 5.69 Å². The second-order valence-electron chi connectivity index (χ2n) is 4.25. The van der Waals surface area contributed by atoms with Crippen molar-refractivity contribution in [3.8, 4) is 0 Å². The third kappa shape index (κ3) is 3.96. The van der Waals surface area contributed by atoms with Crippen molar-refractivity contribution in [2.45, 2.75) is 19.4 Å². The number of aromatic nitrogens is 1. The van der Waals surface area contributed by atoms with Crippen LogP contribution in [0.4, 0.5) is 5.69 Å². The molecule has 0 bridgehead atoms. The van der Waals surface area contributed by atoms with E-state index in [1.54, 1.807) is 6.20 Å². The van der Waals surface area contributed by atoms with E-state index in [1.165, 1.54) is 0 Å². The van der Waals surface area contributed by atoms with Gasteiger partial charge in [-0.25, -0.2) is 0 Å². The first-order chi connectivity index (χ1) is 8.38. The quantitative estimate of drug-likeness (QED) is 0.597. The van der Waals surface area contributed by atoms with Gasteiger partial charge < -0.3 is 14.9 Å². The average molecular weight is 237 g/mol. The van der Waals surface area contributed by atoms with E-state index in [-0.39, 0.29) is 0 Å². The van der Waals surface area contributed by atoms with Gasteiger partial charge in [0.25, 0.3) is 0 Å². The average Bonchev–Trinajstić information content (AvgIpc) is 2.40. The number of hydrazine groups is 1. The number of anilines is 1. The van der Waals surface area contributed by atoms with Gasteiger partial charge in [0, 0.05) is 19.4 Å². The highest BCUT2D eigenvalue weighted by atomic mass is 16.5. The normalized spacial score (nSPS) is 17.0. The molecule has 1 aliphatic rings. The van der Waals surface area contributed by atoms with Crippen LogP contribution in [0.15, 0.2) is 18.3 Å². The molecule has 0 saturated carbocycles. The Morgan fingerprint density at radius 3 is 3.06 bits per heavy atom. The van der Waals surface area contributed by atoms with E-state index in [0.29, 0.717) is 12.5 Å². The Morgan fingerprint density at radius 2 is 2.29 bits per heavy atom. The summed E-state index contributed by atoms with van der Waals surface area (Å²) < 4.78 is 11.0. The third-order valence-electron chi connectivity index (χ3n) is 2.93. The minimum absolute atomic E-state index is 0.535. The summed E-state index contributed by atoms with van der Waals surface area (Å²) in [6, 6.07) is 3.71. The van der Waals surface area contributed by atoms with E-state index >= 15 is 0 Å². The molecule has 1 saturated heterocycles. The zero-order chi connectivity index (χ0) is 11.9. The minimum Gasteiger partial charge on any atom is -0.381 e. The second-order valence-corrected chi connectivity index (χ2v) is 4.25. The monoisotopic (exact) mass is 237 g/mol. The lowest BCUT2D eigenvalue weighted by Crippen LogP contribution is -2.20. The molecule has 5 heteroatoms. The highest BCUT2D eigenvalue weighted by Crippen LogP contribution is 2.15. The maximum absolute atomic E-state index is 5.67. The maximum atomic E-state index is 5.67. The minimum atomic E-state index is 0.535. The Labute approximate surface area is 101 Å². The lowest BCUT2D eigenvalue weighted by Gasteiger charge is -2.21. The van der Waals surface area contributed by atoms with E-state index in [2.05, 4.69) is 10.4 Å². The summed E-state index contributed by atoms with van der Waals surface area (Å²) in [6.45, 7) is 3.04. The van der Waals surface area contributed by atoms with Gasteiger partial charge in [0.15, 0.2) is 0 Å². The summed E-state index contributed by atoms with van der Waals surface area (Å²) >= 11 is 0. The fraction of sp³-hybridized carbons (Fsp3) is 0.583. The van der Waals surface area contributed by atoms with Crippen molar-refractivity contribution in [1.29, 1.82) is 0 Å². The smallest absolute Gasteiger partial charge is 0.0888 e. The topological polar surface area (TPSA) is 69.4 Å². The maximum Gasteiger partial charge on any atom is 0.0888 e. The van der Waals surface area contributed by atoms with Gasteiger partial charge in [0.2, 0.25) is 0 Å². The summed E-state index contributed by atoms with van der Waals surface area (Å²) in [5.74, 6) is 5.96. The first kappa shape index (κ1) is 12.3. The zero-order valence-corrected chi connectivity index (χ0v) is 9.89. The van der Waals surface area contributed by atoms with Crippen molar-refractivity contribution in [3.63, 3.8) is 0 Å². The number of nitrogens with one attached hydrogen (secondary N) is 1. The van der Waals surface area contributed by atoms with Crippen molar-refractivity contribution in [1.82, 2.24) is 4.98 Å². The molecule has 0 aliphatic carbocycles. The lowest BCUT2D eigenvalue weighted by atomic mass is 10.0. The number of nitrogens with zero attached hydrogens (tertiary/aromatic N) is 1. The largest absolute Gasteiger partial charge is 0.381 e. The molecule has 0 spiro atoms. The number of ether oxygens (including phenoxy) is 2. The Morgan fingerprint density at radius 1 is 1.47 bits per heavy atom. The molecule has 0 unspecified atom stereocenters. The number of nitrogens with two attached hydrogens (primary N) is 1. The van der Waals surface area contributed by atoms with Gasteiger partial charge in [-0.05, 0) is 30.9 Å². The molecule has 1 aromatic rings. The molecule has 1 aliphatic heterocycles. The van der Waals surface area contributed by atoms with Gasteiger partial charge >= 0.3 is 0 Å².